The number of nitrogens with zero attached hydrogens (tertiary/aromatic N) is 3. The predicted molar refractivity (Wildman–Crippen MR) is 73.9 cm³/mol. The molecule has 3 heteroatoms. The lowest BCUT2D eigenvalue weighted by molar-refractivity contribution is 0.863. The molecule has 0 N–H and O–H groups in total. The number of rotatable bonds is 2. The van der Waals surface area contributed by atoms with Gasteiger partial charge in [-0.1, -0.05) is 41.6 Å². The van der Waals surface area contributed by atoms with Crippen molar-refractivity contribution >= 4 is 23.3 Å². The van der Waals surface area contributed by atoms with Crippen LogP contribution in [0.1, 0.15) is 11.1 Å². The van der Waals surface area contributed by atoms with Crippen molar-refractivity contribution in [2.45, 2.75) is 6.92 Å². The molecule has 0 spiro atoms. The highest BCUT2D eigenvalue weighted by Gasteiger charge is 1.99. The van der Waals surface area contributed by atoms with E-state index >= 15 is 0 Å². The van der Waals surface area contributed by atoms with Gasteiger partial charge in [-0.05, 0) is 36.3 Å². The van der Waals surface area contributed by atoms with Crippen LogP contribution in [0.25, 0.3) is 23.3 Å². The van der Waals surface area contributed by atoms with Gasteiger partial charge in [-0.25, -0.2) is 4.68 Å². The van der Waals surface area contributed by atoms with Crippen LogP contribution in [0.4, 0.5) is 0 Å². The zero-order chi connectivity index (χ0) is 12.4. The van der Waals surface area contributed by atoms with Gasteiger partial charge in [0.25, 0.3) is 0 Å². The predicted octanol–water partition coefficient (Wildman–Crippen LogP) is 3.37. The van der Waals surface area contributed by atoms with Gasteiger partial charge in [0.2, 0.25) is 0 Å². The maximum absolute atomic E-state index is 4.12. The molecule has 1 aromatic heterocycles. The van der Waals surface area contributed by atoms with Crippen molar-refractivity contribution in [3.05, 3.63) is 59.7 Å². The van der Waals surface area contributed by atoms with E-state index in [0.29, 0.717) is 0 Å². The number of benzene rings is 2. The SMILES string of the molecule is Cc1ccccc1/C=C/n1nnc2ccccc21. The summed E-state index contributed by atoms with van der Waals surface area (Å²) in [6.07, 6.45) is 3.99. The van der Waals surface area contributed by atoms with Crippen LogP contribution < -0.4 is 0 Å². The van der Waals surface area contributed by atoms with Crippen LogP contribution >= 0.6 is 0 Å². The van der Waals surface area contributed by atoms with Crippen LogP contribution in [0.5, 0.6) is 0 Å². The fourth-order valence-electron chi connectivity index (χ4n) is 1.92. The Bertz CT molecular complexity index is 710. The summed E-state index contributed by atoms with van der Waals surface area (Å²) in [5.41, 5.74) is 4.37. The average Bonchev–Trinajstić information content (AvgIpc) is 2.81. The zero-order valence-electron chi connectivity index (χ0n) is 10.1. The lowest BCUT2D eigenvalue weighted by atomic mass is 10.1. The third kappa shape index (κ3) is 1.91. The topological polar surface area (TPSA) is 30.7 Å². The Balaban J connectivity index is 2.00. The van der Waals surface area contributed by atoms with Gasteiger partial charge in [-0.15, -0.1) is 5.10 Å². The average molecular weight is 235 g/mol. The summed E-state index contributed by atoms with van der Waals surface area (Å²) in [6.45, 7) is 2.10. The van der Waals surface area contributed by atoms with Gasteiger partial charge in [0, 0.05) is 6.20 Å². The Morgan fingerprint density at radius 1 is 1.00 bits per heavy atom. The molecule has 0 bridgehead atoms. The molecular formula is C15H13N3. The molecule has 0 fully saturated rings. The fraction of sp³-hybridized carbons (Fsp3) is 0.0667. The molecule has 0 aliphatic rings. The molecule has 0 aliphatic heterocycles. The first-order valence-corrected chi connectivity index (χ1v) is 5.88. The van der Waals surface area contributed by atoms with Crippen molar-refractivity contribution in [1.29, 1.82) is 0 Å². The van der Waals surface area contributed by atoms with Gasteiger partial charge < -0.3 is 0 Å². The summed E-state index contributed by atoms with van der Waals surface area (Å²) in [5, 5.41) is 8.23. The van der Waals surface area contributed by atoms with Crippen LogP contribution in [0.3, 0.4) is 0 Å². The van der Waals surface area contributed by atoms with Gasteiger partial charge in [0.05, 0.1) is 5.52 Å². The maximum atomic E-state index is 4.12. The molecule has 88 valence electrons. The molecule has 0 atom stereocenters. The second-order valence-electron chi connectivity index (χ2n) is 4.20. The largest absolute Gasteiger partial charge is 0.220 e. The number of aromatic nitrogens is 3. The van der Waals surface area contributed by atoms with E-state index in [4.69, 9.17) is 0 Å². The summed E-state index contributed by atoms with van der Waals surface area (Å²) in [7, 11) is 0. The zero-order valence-corrected chi connectivity index (χ0v) is 10.1. The van der Waals surface area contributed by atoms with Crippen LogP contribution in [-0.2, 0) is 0 Å². The van der Waals surface area contributed by atoms with Crippen LogP contribution in [0, 0.1) is 6.92 Å². The number of fused-ring (bicyclic) bond motifs is 1. The number of aryl methyl sites for hydroxylation is 1. The van der Waals surface area contributed by atoms with E-state index in [1.807, 2.05) is 42.6 Å². The van der Waals surface area contributed by atoms with Crippen LogP contribution in [-0.4, -0.2) is 15.0 Å². The normalized spacial score (nSPS) is 11.4. The van der Waals surface area contributed by atoms with E-state index in [0.717, 1.165) is 11.0 Å². The van der Waals surface area contributed by atoms with Crippen molar-refractivity contribution < 1.29 is 0 Å². The van der Waals surface area contributed by atoms with E-state index in [1.54, 1.807) is 4.68 Å². The Kier molecular flexibility index (Phi) is 2.65. The Morgan fingerprint density at radius 2 is 1.78 bits per heavy atom. The molecule has 2 aromatic carbocycles. The molecule has 0 amide bonds. The van der Waals surface area contributed by atoms with Gasteiger partial charge in [0.1, 0.15) is 5.52 Å². The highest BCUT2D eigenvalue weighted by atomic mass is 15.4. The second kappa shape index (κ2) is 4.45. The second-order valence-corrected chi connectivity index (χ2v) is 4.20. The molecule has 3 nitrogen and oxygen atoms in total. The van der Waals surface area contributed by atoms with Crippen molar-refractivity contribution in [2.24, 2.45) is 0 Å². The lowest BCUT2D eigenvalue weighted by Crippen LogP contribution is -1.88. The van der Waals surface area contributed by atoms with Crippen molar-refractivity contribution in [2.75, 3.05) is 0 Å². The third-order valence-electron chi connectivity index (χ3n) is 2.96. The van der Waals surface area contributed by atoms with Crippen molar-refractivity contribution in [3.63, 3.8) is 0 Å². The number of hydrogen-bond donors (Lipinski definition) is 0. The number of para-hydroxylation sites is 1. The molecular weight excluding hydrogens is 222 g/mol. The first-order chi connectivity index (χ1) is 8.84. The highest BCUT2D eigenvalue weighted by Crippen LogP contribution is 2.13. The van der Waals surface area contributed by atoms with Gasteiger partial charge >= 0.3 is 0 Å². The number of hydrogen-bond acceptors (Lipinski definition) is 2. The smallest absolute Gasteiger partial charge is 0.113 e. The molecule has 0 saturated heterocycles. The molecule has 0 unspecified atom stereocenters. The first-order valence-electron chi connectivity index (χ1n) is 5.88. The summed E-state index contributed by atoms with van der Waals surface area (Å²) < 4.78 is 1.79. The Morgan fingerprint density at radius 3 is 2.67 bits per heavy atom. The van der Waals surface area contributed by atoms with E-state index in [9.17, 15) is 0 Å². The molecule has 3 rings (SSSR count). The molecule has 0 radical (unpaired) electrons. The van der Waals surface area contributed by atoms with Crippen LogP contribution in [0.15, 0.2) is 48.5 Å². The van der Waals surface area contributed by atoms with E-state index in [2.05, 4.69) is 35.4 Å². The van der Waals surface area contributed by atoms with E-state index in [-0.39, 0.29) is 0 Å². The Hall–Kier alpha value is -2.42. The maximum Gasteiger partial charge on any atom is 0.113 e. The molecule has 1 heterocycles. The Labute approximate surface area is 105 Å². The monoisotopic (exact) mass is 235 g/mol. The van der Waals surface area contributed by atoms with Crippen LogP contribution in [0.2, 0.25) is 0 Å². The summed E-state index contributed by atoms with van der Waals surface area (Å²) >= 11 is 0. The third-order valence-corrected chi connectivity index (χ3v) is 2.96. The van der Waals surface area contributed by atoms with E-state index < -0.39 is 0 Å². The molecule has 0 saturated carbocycles. The first kappa shape index (κ1) is 10.7. The van der Waals surface area contributed by atoms with Gasteiger partial charge in [0.15, 0.2) is 0 Å². The molecule has 3 aromatic rings. The quantitative estimate of drug-likeness (QED) is 0.681. The minimum absolute atomic E-state index is 0.909. The van der Waals surface area contributed by atoms with Gasteiger partial charge in [-0.3, -0.25) is 0 Å². The van der Waals surface area contributed by atoms with Gasteiger partial charge in [-0.2, -0.15) is 0 Å². The minimum Gasteiger partial charge on any atom is -0.220 e. The van der Waals surface area contributed by atoms with Crippen molar-refractivity contribution in [3.8, 4) is 0 Å². The standard InChI is InChI=1S/C15H13N3/c1-12-6-2-3-7-13(12)10-11-18-15-9-5-4-8-14(15)16-17-18/h2-11H,1H3/b11-10+. The van der Waals surface area contributed by atoms with Crippen molar-refractivity contribution in [1.82, 2.24) is 15.0 Å². The molecule has 0 aliphatic carbocycles. The lowest BCUT2D eigenvalue weighted by Gasteiger charge is -1.98. The summed E-state index contributed by atoms with van der Waals surface area (Å²) in [5.74, 6) is 0. The fourth-order valence-corrected chi connectivity index (χ4v) is 1.92. The van der Waals surface area contributed by atoms with E-state index in [1.165, 1.54) is 11.1 Å². The summed E-state index contributed by atoms with van der Waals surface area (Å²) in [4.78, 5) is 0. The molecule has 18 heavy (non-hydrogen) atoms. The summed E-state index contributed by atoms with van der Waals surface area (Å²) in [6, 6.07) is 16.2. The highest BCUT2D eigenvalue weighted by molar-refractivity contribution is 5.77. The minimum atomic E-state index is 0.909.